The number of hydrogen-bond acceptors (Lipinski definition) is 4. The number of nitrogens with one attached hydrogen (secondary N) is 1. The molecule has 0 bridgehead atoms. The predicted octanol–water partition coefficient (Wildman–Crippen LogP) is 1.75. The van der Waals surface area contributed by atoms with Crippen LogP contribution < -0.4 is 5.32 Å². The monoisotopic (exact) mass is 345 g/mol. The van der Waals surface area contributed by atoms with Crippen molar-refractivity contribution in [2.24, 2.45) is 0 Å². The van der Waals surface area contributed by atoms with Gasteiger partial charge in [-0.15, -0.1) is 0 Å². The van der Waals surface area contributed by atoms with Crippen LogP contribution in [0.5, 0.6) is 0 Å². The fourth-order valence-electron chi connectivity index (χ4n) is 2.39. The molecule has 1 aromatic carbocycles. The van der Waals surface area contributed by atoms with Crippen LogP contribution in [0.1, 0.15) is 29.6 Å². The number of carbonyl (C=O) groups excluding carboxylic acids is 2. The van der Waals surface area contributed by atoms with E-state index in [1.165, 1.54) is 4.90 Å². The molecule has 1 heterocycles. The van der Waals surface area contributed by atoms with Crippen molar-refractivity contribution >= 4 is 17.5 Å². The summed E-state index contributed by atoms with van der Waals surface area (Å²) in [4.78, 5) is 34.6. The summed E-state index contributed by atoms with van der Waals surface area (Å²) in [5.74, 6) is -7.59. The van der Waals surface area contributed by atoms with Gasteiger partial charge < -0.3 is 10.2 Å². The number of likely N-dealkylation sites (tertiary alicyclic amines) is 1. The van der Waals surface area contributed by atoms with Crippen LogP contribution in [0.3, 0.4) is 0 Å². The van der Waals surface area contributed by atoms with Crippen molar-refractivity contribution in [3.63, 3.8) is 0 Å². The normalized spacial score (nSPS) is 14.4. The van der Waals surface area contributed by atoms with E-state index in [4.69, 9.17) is 0 Å². The van der Waals surface area contributed by atoms with Gasteiger partial charge in [0.25, 0.3) is 5.91 Å². The Bertz CT molecular complexity index is 690. The molecule has 24 heavy (non-hydrogen) atoms. The van der Waals surface area contributed by atoms with Gasteiger partial charge in [0.05, 0.1) is 17.0 Å². The first-order valence-corrected chi connectivity index (χ1v) is 7.20. The molecular weight excluding hydrogens is 331 g/mol. The molecule has 1 aromatic rings. The van der Waals surface area contributed by atoms with E-state index in [2.05, 4.69) is 5.32 Å². The van der Waals surface area contributed by atoms with Crippen LogP contribution in [-0.2, 0) is 4.79 Å². The Morgan fingerprint density at radius 2 is 1.75 bits per heavy atom. The molecule has 7 nitrogen and oxygen atoms in total. The van der Waals surface area contributed by atoms with Gasteiger partial charge in [0, 0.05) is 19.2 Å². The summed E-state index contributed by atoms with van der Waals surface area (Å²) in [5.41, 5.74) is -2.39. The highest BCUT2D eigenvalue weighted by atomic mass is 19.2. The van der Waals surface area contributed by atoms with Crippen LogP contribution in [0.4, 0.5) is 18.9 Å². The van der Waals surface area contributed by atoms with Gasteiger partial charge in [0.2, 0.25) is 17.5 Å². The maximum Gasteiger partial charge on any atom is 0.308 e. The van der Waals surface area contributed by atoms with E-state index in [0.29, 0.717) is 19.2 Å². The summed E-state index contributed by atoms with van der Waals surface area (Å²) < 4.78 is 40.3. The third-order valence-electron chi connectivity index (χ3n) is 3.68. The van der Waals surface area contributed by atoms with E-state index in [-0.39, 0.29) is 0 Å². The van der Waals surface area contributed by atoms with Crippen molar-refractivity contribution in [1.82, 2.24) is 10.2 Å². The molecule has 1 saturated heterocycles. The van der Waals surface area contributed by atoms with Crippen LogP contribution in [0.2, 0.25) is 0 Å². The number of nitro benzene ring substituents is 1. The van der Waals surface area contributed by atoms with E-state index < -0.39 is 52.0 Å². The smallest absolute Gasteiger partial charge is 0.308 e. The molecule has 10 heteroatoms. The molecule has 0 aliphatic carbocycles. The highest BCUT2D eigenvalue weighted by molar-refractivity contribution is 5.97. The van der Waals surface area contributed by atoms with Gasteiger partial charge in [-0.05, 0) is 19.3 Å². The molecule has 0 saturated carbocycles. The van der Waals surface area contributed by atoms with Gasteiger partial charge in [-0.25, -0.2) is 8.78 Å². The van der Waals surface area contributed by atoms with Gasteiger partial charge in [0.15, 0.2) is 5.82 Å². The third-order valence-corrected chi connectivity index (χ3v) is 3.68. The minimum Gasteiger partial charge on any atom is -0.343 e. The van der Waals surface area contributed by atoms with E-state index >= 15 is 0 Å². The lowest BCUT2D eigenvalue weighted by Crippen LogP contribution is -2.42. The lowest BCUT2D eigenvalue weighted by atomic mass is 10.1. The van der Waals surface area contributed by atoms with Crippen molar-refractivity contribution in [3.8, 4) is 0 Å². The zero-order valence-electron chi connectivity index (χ0n) is 12.5. The predicted molar refractivity (Wildman–Crippen MR) is 75.7 cm³/mol. The number of nitro groups is 1. The first kappa shape index (κ1) is 17.7. The topological polar surface area (TPSA) is 92.6 Å². The lowest BCUT2D eigenvalue weighted by Gasteiger charge is -2.26. The molecule has 1 fully saturated rings. The molecule has 0 radical (unpaired) electrons. The van der Waals surface area contributed by atoms with Crippen LogP contribution in [0.15, 0.2) is 6.07 Å². The van der Waals surface area contributed by atoms with Crippen LogP contribution >= 0.6 is 0 Å². The van der Waals surface area contributed by atoms with Crippen molar-refractivity contribution in [3.05, 3.63) is 39.2 Å². The largest absolute Gasteiger partial charge is 0.343 e. The summed E-state index contributed by atoms with van der Waals surface area (Å²) in [6.07, 6.45) is 2.67. The highest BCUT2D eigenvalue weighted by Crippen LogP contribution is 2.25. The Morgan fingerprint density at radius 1 is 1.12 bits per heavy atom. The molecule has 2 rings (SSSR count). The molecule has 2 amide bonds. The third kappa shape index (κ3) is 3.63. The second-order valence-corrected chi connectivity index (χ2v) is 5.27. The SMILES string of the molecule is O=C(NCC(=O)N1CCCCC1)c1cc([N+](=O)[O-])c(F)c(F)c1F. The van der Waals surface area contributed by atoms with Gasteiger partial charge in [-0.3, -0.25) is 19.7 Å². The summed E-state index contributed by atoms with van der Waals surface area (Å²) in [7, 11) is 0. The fourth-order valence-corrected chi connectivity index (χ4v) is 2.39. The van der Waals surface area contributed by atoms with Crippen molar-refractivity contribution < 1.29 is 27.7 Å². The second kappa shape index (κ2) is 7.28. The molecule has 0 atom stereocenters. The van der Waals surface area contributed by atoms with Gasteiger partial charge >= 0.3 is 5.69 Å². The highest BCUT2D eigenvalue weighted by Gasteiger charge is 2.29. The number of hydrogen-bond donors (Lipinski definition) is 1. The molecular formula is C14H14F3N3O4. The minimum atomic E-state index is -2.11. The van der Waals surface area contributed by atoms with Crippen LogP contribution in [0.25, 0.3) is 0 Å². The molecule has 0 unspecified atom stereocenters. The molecule has 0 spiro atoms. The summed E-state index contributed by atoms with van der Waals surface area (Å²) >= 11 is 0. The van der Waals surface area contributed by atoms with E-state index in [0.717, 1.165) is 19.3 Å². The number of benzene rings is 1. The van der Waals surface area contributed by atoms with E-state index in [9.17, 15) is 32.9 Å². The second-order valence-electron chi connectivity index (χ2n) is 5.27. The summed E-state index contributed by atoms with van der Waals surface area (Å²) in [5, 5.41) is 12.7. The van der Waals surface area contributed by atoms with Gasteiger partial charge in [-0.2, -0.15) is 4.39 Å². The quantitative estimate of drug-likeness (QED) is 0.511. The van der Waals surface area contributed by atoms with Crippen molar-refractivity contribution in [1.29, 1.82) is 0 Å². The van der Waals surface area contributed by atoms with Crippen molar-refractivity contribution in [2.75, 3.05) is 19.6 Å². The van der Waals surface area contributed by atoms with Gasteiger partial charge in [-0.1, -0.05) is 0 Å². The van der Waals surface area contributed by atoms with Crippen molar-refractivity contribution in [2.45, 2.75) is 19.3 Å². The Kier molecular flexibility index (Phi) is 5.37. The average molecular weight is 345 g/mol. The molecule has 1 N–H and O–H groups in total. The molecule has 130 valence electrons. The Labute approximate surface area is 134 Å². The zero-order valence-corrected chi connectivity index (χ0v) is 12.5. The van der Waals surface area contributed by atoms with E-state index in [1.807, 2.05) is 0 Å². The van der Waals surface area contributed by atoms with Crippen LogP contribution in [-0.4, -0.2) is 41.3 Å². The molecule has 1 aliphatic rings. The van der Waals surface area contributed by atoms with Gasteiger partial charge in [0.1, 0.15) is 0 Å². The first-order chi connectivity index (χ1) is 11.3. The maximum absolute atomic E-state index is 13.6. The summed E-state index contributed by atoms with van der Waals surface area (Å²) in [6.45, 7) is 0.616. The number of amides is 2. The van der Waals surface area contributed by atoms with E-state index in [1.54, 1.807) is 0 Å². The zero-order chi connectivity index (χ0) is 17.9. The fraction of sp³-hybridized carbons (Fsp3) is 0.429. The number of nitrogens with zero attached hydrogens (tertiary/aromatic N) is 2. The maximum atomic E-state index is 13.6. The van der Waals surface area contributed by atoms with Crippen LogP contribution in [0, 0.1) is 27.6 Å². The first-order valence-electron chi connectivity index (χ1n) is 7.20. The number of piperidine rings is 1. The minimum absolute atomic E-state index is 0.300. The molecule has 0 aromatic heterocycles. The number of rotatable bonds is 4. The Balaban J connectivity index is 2.12. The number of carbonyl (C=O) groups is 2. The Morgan fingerprint density at radius 3 is 2.33 bits per heavy atom. The average Bonchev–Trinajstić information content (AvgIpc) is 2.58. The number of halogens is 3. The standard InChI is InChI=1S/C14H14F3N3O4/c15-11-8(6-9(20(23)24)12(16)13(11)17)14(22)18-7-10(21)19-4-2-1-3-5-19/h6H,1-5,7H2,(H,18,22). The summed E-state index contributed by atoms with van der Waals surface area (Å²) in [6, 6.07) is 0.300. The lowest BCUT2D eigenvalue weighted by molar-refractivity contribution is -0.387. The Hall–Kier alpha value is -2.65. The molecule has 1 aliphatic heterocycles.